The van der Waals surface area contributed by atoms with Crippen LogP contribution in [-0.2, 0) is 0 Å². The molecule has 0 aromatic carbocycles. The Hall–Kier alpha value is 0.620. The van der Waals surface area contributed by atoms with E-state index in [0.717, 1.165) is 29.6 Å². The standard InChI is InChI=1S/C6H15NOS2/c7-1-3-9-5-6-10-4-2-8/h8H,1-7H2. The van der Waals surface area contributed by atoms with Crippen molar-refractivity contribution in [3.63, 3.8) is 0 Å². The van der Waals surface area contributed by atoms with Gasteiger partial charge in [-0.3, -0.25) is 0 Å². The van der Waals surface area contributed by atoms with Crippen LogP contribution >= 0.6 is 23.5 Å². The Morgan fingerprint density at radius 1 is 1.00 bits per heavy atom. The molecule has 4 heteroatoms. The summed E-state index contributed by atoms with van der Waals surface area (Å²) in [6.07, 6.45) is 0. The van der Waals surface area contributed by atoms with Gasteiger partial charge in [-0.1, -0.05) is 0 Å². The highest BCUT2D eigenvalue weighted by Gasteiger charge is 1.88. The van der Waals surface area contributed by atoms with E-state index >= 15 is 0 Å². The molecule has 0 atom stereocenters. The van der Waals surface area contributed by atoms with E-state index in [4.69, 9.17) is 10.8 Å². The summed E-state index contributed by atoms with van der Waals surface area (Å²) >= 11 is 3.67. The van der Waals surface area contributed by atoms with E-state index in [-0.39, 0.29) is 0 Å². The largest absolute Gasteiger partial charge is 0.396 e. The number of hydrogen-bond acceptors (Lipinski definition) is 4. The SMILES string of the molecule is NCCSCCSCCO. The fourth-order valence-corrected chi connectivity index (χ4v) is 2.12. The minimum atomic E-state index is 0.298. The van der Waals surface area contributed by atoms with Gasteiger partial charge in [0.1, 0.15) is 0 Å². The molecule has 0 spiro atoms. The Labute approximate surface area is 70.9 Å². The molecule has 0 rings (SSSR count). The number of hydrogen-bond donors (Lipinski definition) is 2. The van der Waals surface area contributed by atoms with Gasteiger partial charge in [-0.25, -0.2) is 0 Å². The Bertz CT molecular complexity index is 55.7. The summed E-state index contributed by atoms with van der Waals surface area (Å²) in [6.45, 7) is 1.07. The first-order valence-corrected chi connectivity index (χ1v) is 5.69. The first kappa shape index (κ1) is 10.6. The molecule has 0 bridgehead atoms. The minimum absolute atomic E-state index is 0.298. The zero-order valence-corrected chi connectivity index (χ0v) is 7.72. The summed E-state index contributed by atoms with van der Waals surface area (Å²) in [5, 5.41) is 8.42. The van der Waals surface area contributed by atoms with Crippen molar-refractivity contribution < 1.29 is 5.11 Å². The van der Waals surface area contributed by atoms with Crippen LogP contribution in [0.25, 0.3) is 0 Å². The third-order valence-corrected chi connectivity index (χ3v) is 3.11. The summed E-state index contributed by atoms with van der Waals surface area (Å²) < 4.78 is 0. The zero-order valence-electron chi connectivity index (χ0n) is 6.08. The number of aliphatic hydroxyl groups is 1. The molecule has 2 nitrogen and oxygen atoms in total. The second-order valence-corrected chi connectivity index (χ2v) is 4.19. The fourth-order valence-electron chi connectivity index (χ4n) is 0.470. The molecule has 0 aliphatic heterocycles. The molecule has 0 saturated carbocycles. The highest BCUT2D eigenvalue weighted by Crippen LogP contribution is 2.04. The van der Waals surface area contributed by atoms with Crippen LogP contribution in [0.3, 0.4) is 0 Å². The van der Waals surface area contributed by atoms with Crippen molar-refractivity contribution in [3.05, 3.63) is 0 Å². The summed E-state index contributed by atoms with van der Waals surface area (Å²) in [4.78, 5) is 0. The third-order valence-electron chi connectivity index (χ3n) is 0.870. The zero-order chi connectivity index (χ0) is 7.66. The normalized spacial score (nSPS) is 10.2. The average Bonchev–Trinajstić information content (AvgIpc) is 1.97. The van der Waals surface area contributed by atoms with Crippen LogP contribution in [-0.4, -0.2) is 41.3 Å². The second-order valence-electron chi connectivity index (χ2n) is 1.74. The monoisotopic (exact) mass is 181 g/mol. The highest BCUT2D eigenvalue weighted by atomic mass is 32.2. The lowest BCUT2D eigenvalue weighted by Crippen LogP contribution is -2.02. The molecule has 0 heterocycles. The molecule has 3 N–H and O–H groups in total. The van der Waals surface area contributed by atoms with E-state index in [1.807, 2.05) is 11.8 Å². The van der Waals surface area contributed by atoms with Gasteiger partial charge < -0.3 is 10.8 Å². The lowest BCUT2D eigenvalue weighted by molar-refractivity contribution is 0.322. The van der Waals surface area contributed by atoms with Crippen molar-refractivity contribution in [2.24, 2.45) is 5.73 Å². The molecular weight excluding hydrogens is 166 g/mol. The molecule has 0 aliphatic rings. The van der Waals surface area contributed by atoms with Crippen molar-refractivity contribution in [2.45, 2.75) is 0 Å². The molecule has 0 aromatic rings. The van der Waals surface area contributed by atoms with E-state index in [9.17, 15) is 0 Å². The van der Waals surface area contributed by atoms with Gasteiger partial charge in [-0.05, 0) is 0 Å². The van der Waals surface area contributed by atoms with E-state index in [2.05, 4.69) is 0 Å². The topological polar surface area (TPSA) is 46.2 Å². The lowest BCUT2D eigenvalue weighted by atomic mass is 10.8. The average molecular weight is 181 g/mol. The summed E-state index contributed by atoms with van der Waals surface area (Å²) in [5.74, 6) is 4.20. The second kappa shape index (κ2) is 9.62. The van der Waals surface area contributed by atoms with Gasteiger partial charge in [0.05, 0.1) is 6.61 Å². The predicted octanol–water partition coefficient (Wildman–Crippen LogP) is 0.404. The molecule has 62 valence electrons. The van der Waals surface area contributed by atoms with Gasteiger partial charge in [-0.2, -0.15) is 23.5 Å². The highest BCUT2D eigenvalue weighted by molar-refractivity contribution is 8.02. The van der Waals surface area contributed by atoms with Crippen LogP contribution in [0.1, 0.15) is 0 Å². The summed E-state index contributed by atoms with van der Waals surface area (Å²) in [6, 6.07) is 0. The number of thioether (sulfide) groups is 2. The molecule has 0 aliphatic carbocycles. The van der Waals surface area contributed by atoms with E-state index in [1.54, 1.807) is 11.8 Å². The Morgan fingerprint density at radius 3 is 2.10 bits per heavy atom. The number of nitrogens with two attached hydrogens (primary N) is 1. The lowest BCUT2D eigenvalue weighted by Gasteiger charge is -1.97. The van der Waals surface area contributed by atoms with Gasteiger partial charge in [0.15, 0.2) is 0 Å². The summed E-state index contributed by atoms with van der Waals surface area (Å²) in [5.41, 5.74) is 5.30. The molecule has 0 radical (unpaired) electrons. The molecular formula is C6H15NOS2. The van der Waals surface area contributed by atoms with Crippen LogP contribution in [0.2, 0.25) is 0 Å². The first-order valence-electron chi connectivity index (χ1n) is 3.38. The van der Waals surface area contributed by atoms with E-state index < -0.39 is 0 Å². The smallest absolute Gasteiger partial charge is 0.0521 e. The van der Waals surface area contributed by atoms with Gasteiger partial charge in [0.2, 0.25) is 0 Å². The van der Waals surface area contributed by atoms with Crippen molar-refractivity contribution in [2.75, 3.05) is 36.2 Å². The maximum Gasteiger partial charge on any atom is 0.0521 e. The van der Waals surface area contributed by atoms with Crippen LogP contribution in [0.15, 0.2) is 0 Å². The van der Waals surface area contributed by atoms with Gasteiger partial charge >= 0.3 is 0 Å². The Morgan fingerprint density at radius 2 is 1.60 bits per heavy atom. The number of rotatable bonds is 7. The van der Waals surface area contributed by atoms with Crippen LogP contribution in [0.5, 0.6) is 0 Å². The Balaban J connectivity index is 2.65. The third kappa shape index (κ3) is 8.62. The maximum atomic E-state index is 8.42. The van der Waals surface area contributed by atoms with Crippen molar-refractivity contribution in [3.8, 4) is 0 Å². The molecule has 0 aromatic heterocycles. The number of aliphatic hydroxyl groups excluding tert-OH is 1. The van der Waals surface area contributed by atoms with Crippen molar-refractivity contribution in [1.82, 2.24) is 0 Å². The molecule has 0 unspecified atom stereocenters. The maximum absolute atomic E-state index is 8.42. The molecule has 0 amide bonds. The van der Waals surface area contributed by atoms with Crippen molar-refractivity contribution >= 4 is 23.5 Å². The van der Waals surface area contributed by atoms with E-state index in [1.165, 1.54) is 0 Å². The van der Waals surface area contributed by atoms with Gasteiger partial charge in [-0.15, -0.1) is 0 Å². The predicted molar refractivity (Wildman–Crippen MR) is 50.8 cm³/mol. The minimum Gasteiger partial charge on any atom is -0.396 e. The van der Waals surface area contributed by atoms with Gasteiger partial charge in [0, 0.05) is 29.6 Å². The summed E-state index contributed by atoms with van der Waals surface area (Å²) in [7, 11) is 0. The molecule has 0 fully saturated rings. The molecule has 0 saturated heterocycles. The van der Waals surface area contributed by atoms with Gasteiger partial charge in [0.25, 0.3) is 0 Å². The quantitative estimate of drug-likeness (QED) is 0.558. The van der Waals surface area contributed by atoms with Crippen molar-refractivity contribution in [1.29, 1.82) is 0 Å². The Kier molecular flexibility index (Phi) is 10.2. The first-order chi connectivity index (χ1) is 4.91. The fraction of sp³-hybridized carbons (Fsp3) is 1.00. The van der Waals surface area contributed by atoms with Crippen LogP contribution in [0.4, 0.5) is 0 Å². The van der Waals surface area contributed by atoms with Crippen LogP contribution < -0.4 is 5.73 Å². The van der Waals surface area contributed by atoms with E-state index in [0.29, 0.717) is 6.61 Å². The molecule has 10 heavy (non-hydrogen) atoms. The van der Waals surface area contributed by atoms with Crippen LogP contribution in [0, 0.1) is 0 Å².